The lowest BCUT2D eigenvalue weighted by Gasteiger charge is -2.25. The van der Waals surface area contributed by atoms with Crippen LogP contribution in [0.4, 0.5) is 0 Å². The molecule has 0 aromatic rings. The maximum atomic E-state index is 11.7. The molecule has 1 atom stereocenters. The highest BCUT2D eigenvalue weighted by molar-refractivity contribution is 5.83. The molecule has 0 aliphatic carbocycles. The minimum absolute atomic E-state index is 0.186. The Morgan fingerprint density at radius 2 is 1.87 bits per heavy atom. The molecule has 0 aromatic heterocycles. The van der Waals surface area contributed by atoms with Crippen LogP contribution in [0.3, 0.4) is 0 Å². The molecular formula is C13H27NO. The van der Waals surface area contributed by atoms with Crippen molar-refractivity contribution in [2.45, 2.75) is 59.9 Å². The fourth-order valence-corrected chi connectivity index (χ4v) is 1.51. The highest BCUT2D eigenvalue weighted by atomic mass is 16.1. The summed E-state index contributed by atoms with van der Waals surface area (Å²) in [5, 5.41) is 0. The Bertz CT molecular complexity index is 193. The van der Waals surface area contributed by atoms with Gasteiger partial charge in [-0.1, -0.05) is 34.1 Å². The van der Waals surface area contributed by atoms with Gasteiger partial charge in [-0.25, -0.2) is 0 Å². The highest BCUT2D eigenvalue weighted by Gasteiger charge is 2.21. The molecule has 1 unspecified atom stereocenters. The van der Waals surface area contributed by atoms with E-state index in [9.17, 15) is 4.79 Å². The number of carbonyl (C=O) groups is 1. The number of rotatable bonds is 6. The molecule has 0 amide bonds. The third-order valence-electron chi connectivity index (χ3n) is 2.99. The maximum Gasteiger partial charge on any atom is 0.139 e. The monoisotopic (exact) mass is 213 g/mol. The summed E-state index contributed by atoms with van der Waals surface area (Å²) >= 11 is 0. The van der Waals surface area contributed by atoms with Crippen molar-refractivity contribution in [2.24, 2.45) is 5.41 Å². The van der Waals surface area contributed by atoms with Crippen molar-refractivity contribution in [1.29, 1.82) is 0 Å². The SMILES string of the molecule is CCCC(C)N(C)CCC(=O)C(C)(C)C. The predicted octanol–water partition coefficient (Wildman–Crippen LogP) is 3.11. The van der Waals surface area contributed by atoms with E-state index >= 15 is 0 Å². The number of hydrogen-bond acceptors (Lipinski definition) is 2. The smallest absolute Gasteiger partial charge is 0.139 e. The molecule has 2 nitrogen and oxygen atoms in total. The van der Waals surface area contributed by atoms with E-state index in [1.54, 1.807) is 0 Å². The van der Waals surface area contributed by atoms with E-state index in [1.807, 2.05) is 20.8 Å². The van der Waals surface area contributed by atoms with Crippen LogP contribution in [-0.2, 0) is 4.79 Å². The van der Waals surface area contributed by atoms with Gasteiger partial charge in [-0.15, -0.1) is 0 Å². The minimum Gasteiger partial charge on any atom is -0.303 e. The lowest BCUT2D eigenvalue weighted by Crippen LogP contribution is -2.33. The molecule has 0 rings (SSSR count). The Labute approximate surface area is 95.0 Å². The van der Waals surface area contributed by atoms with Gasteiger partial charge in [0.1, 0.15) is 5.78 Å². The average Bonchev–Trinajstić information content (AvgIpc) is 2.12. The van der Waals surface area contributed by atoms with Crippen LogP contribution in [-0.4, -0.2) is 30.3 Å². The van der Waals surface area contributed by atoms with Crippen molar-refractivity contribution >= 4 is 5.78 Å². The van der Waals surface area contributed by atoms with Crippen LogP contribution >= 0.6 is 0 Å². The zero-order chi connectivity index (χ0) is 12.1. The molecule has 0 heterocycles. The molecule has 15 heavy (non-hydrogen) atoms. The van der Waals surface area contributed by atoms with Gasteiger partial charge < -0.3 is 4.90 Å². The summed E-state index contributed by atoms with van der Waals surface area (Å²) in [6.45, 7) is 11.3. The fourth-order valence-electron chi connectivity index (χ4n) is 1.51. The van der Waals surface area contributed by atoms with E-state index in [2.05, 4.69) is 25.8 Å². The lowest BCUT2D eigenvalue weighted by molar-refractivity contribution is -0.126. The molecular weight excluding hydrogens is 186 g/mol. The first kappa shape index (κ1) is 14.6. The van der Waals surface area contributed by atoms with Gasteiger partial charge in [-0.2, -0.15) is 0 Å². The second-order valence-electron chi connectivity index (χ2n) is 5.54. The van der Waals surface area contributed by atoms with Crippen LogP contribution in [0.5, 0.6) is 0 Å². The molecule has 0 radical (unpaired) electrons. The van der Waals surface area contributed by atoms with Crippen molar-refractivity contribution in [2.75, 3.05) is 13.6 Å². The topological polar surface area (TPSA) is 20.3 Å². The van der Waals surface area contributed by atoms with Crippen LogP contribution < -0.4 is 0 Å². The van der Waals surface area contributed by atoms with E-state index in [0.717, 1.165) is 6.54 Å². The summed E-state index contributed by atoms with van der Waals surface area (Å²) < 4.78 is 0. The standard InChI is InChI=1S/C13H27NO/c1-7-8-11(2)14(6)10-9-12(15)13(3,4)5/h11H,7-10H2,1-6H3. The maximum absolute atomic E-state index is 11.7. The fraction of sp³-hybridized carbons (Fsp3) is 0.923. The number of hydrogen-bond donors (Lipinski definition) is 0. The van der Waals surface area contributed by atoms with Gasteiger partial charge in [0.25, 0.3) is 0 Å². The molecule has 0 aromatic carbocycles. The van der Waals surface area contributed by atoms with Crippen molar-refractivity contribution in [3.63, 3.8) is 0 Å². The summed E-state index contributed by atoms with van der Waals surface area (Å²) in [5.74, 6) is 0.359. The third kappa shape index (κ3) is 5.93. The van der Waals surface area contributed by atoms with Crippen molar-refractivity contribution in [1.82, 2.24) is 4.90 Å². The average molecular weight is 213 g/mol. The van der Waals surface area contributed by atoms with Gasteiger partial charge >= 0.3 is 0 Å². The van der Waals surface area contributed by atoms with Gasteiger partial charge in [0.2, 0.25) is 0 Å². The van der Waals surface area contributed by atoms with Gasteiger partial charge in [0.15, 0.2) is 0 Å². The summed E-state index contributed by atoms with van der Waals surface area (Å²) in [7, 11) is 2.11. The van der Waals surface area contributed by atoms with Crippen molar-refractivity contribution in [3.05, 3.63) is 0 Å². The molecule has 0 N–H and O–H groups in total. The van der Waals surface area contributed by atoms with Crippen LogP contribution in [0, 0.1) is 5.41 Å². The van der Waals surface area contributed by atoms with Crippen molar-refractivity contribution in [3.8, 4) is 0 Å². The Morgan fingerprint density at radius 3 is 2.27 bits per heavy atom. The highest BCUT2D eigenvalue weighted by Crippen LogP contribution is 2.17. The van der Waals surface area contributed by atoms with Gasteiger partial charge in [0.05, 0.1) is 0 Å². The Morgan fingerprint density at radius 1 is 1.33 bits per heavy atom. The van der Waals surface area contributed by atoms with E-state index in [0.29, 0.717) is 18.2 Å². The van der Waals surface area contributed by atoms with Gasteiger partial charge in [-0.05, 0) is 20.4 Å². The molecule has 0 saturated carbocycles. The van der Waals surface area contributed by atoms with Gasteiger partial charge in [0, 0.05) is 24.4 Å². The normalized spacial score (nSPS) is 14.3. The first-order chi connectivity index (χ1) is 6.79. The summed E-state index contributed by atoms with van der Waals surface area (Å²) in [6.07, 6.45) is 3.09. The zero-order valence-electron chi connectivity index (χ0n) is 11.3. The summed E-state index contributed by atoms with van der Waals surface area (Å²) in [6, 6.07) is 0.586. The van der Waals surface area contributed by atoms with E-state index in [4.69, 9.17) is 0 Å². The first-order valence-corrected chi connectivity index (χ1v) is 6.02. The van der Waals surface area contributed by atoms with E-state index < -0.39 is 0 Å². The molecule has 0 fully saturated rings. The molecule has 0 spiro atoms. The number of nitrogens with zero attached hydrogens (tertiary/aromatic N) is 1. The first-order valence-electron chi connectivity index (χ1n) is 6.02. The largest absolute Gasteiger partial charge is 0.303 e. The van der Waals surface area contributed by atoms with E-state index in [-0.39, 0.29) is 5.41 Å². The molecule has 90 valence electrons. The number of Topliss-reactive ketones (excluding diaryl/α,β-unsaturated/α-hetero) is 1. The summed E-state index contributed by atoms with van der Waals surface area (Å²) in [5.41, 5.74) is -0.186. The Balaban J connectivity index is 3.90. The molecule has 0 aliphatic rings. The molecule has 2 heteroatoms. The molecule has 0 aliphatic heterocycles. The quantitative estimate of drug-likeness (QED) is 0.675. The number of ketones is 1. The molecule has 0 bridgehead atoms. The zero-order valence-corrected chi connectivity index (χ0v) is 11.3. The van der Waals surface area contributed by atoms with Crippen LogP contribution in [0.25, 0.3) is 0 Å². The second kappa shape index (κ2) is 6.26. The Hall–Kier alpha value is -0.370. The van der Waals surface area contributed by atoms with E-state index in [1.165, 1.54) is 12.8 Å². The number of carbonyl (C=O) groups excluding carboxylic acids is 1. The van der Waals surface area contributed by atoms with Crippen LogP contribution in [0.15, 0.2) is 0 Å². The van der Waals surface area contributed by atoms with Crippen LogP contribution in [0.1, 0.15) is 53.9 Å². The second-order valence-corrected chi connectivity index (χ2v) is 5.54. The predicted molar refractivity (Wildman–Crippen MR) is 66.1 cm³/mol. The third-order valence-corrected chi connectivity index (χ3v) is 2.99. The molecule has 0 saturated heterocycles. The summed E-state index contributed by atoms with van der Waals surface area (Å²) in [4.78, 5) is 14.0. The lowest BCUT2D eigenvalue weighted by atomic mass is 9.89. The minimum atomic E-state index is -0.186. The Kier molecular flexibility index (Phi) is 6.11. The van der Waals surface area contributed by atoms with Crippen molar-refractivity contribution < 1.29 is 4.79 Å². The van der Waals surface area contributed by atoms with Gasteiger partial charge in [-0.3, -0.25) is 4.79 Å². The van der Waals surface area contributed by atoms with Crippen LogP contribution in [0.2, 0.25) is 0 Å².